The first-order chi connectivity index (χ1) is 15.8. The van der Waals surface area contributed by atoms with E-state index in [1.807, 2.05) is 48.5 Å². The third-order valence-corrected chi connectivity index (χ3v) is 5.49. The number of aromatic nitrogens is 1. The Morgan fingerprint density at radius 2 is 1.70 bits per heavy atom. The summed E-state index contributed by atoms with van der Waals surface area (Å²) in [5, 5.41) is 15.1. The van der Waals surface area contributed by atoms with Crippen LogP contribution in [0.3, 0.4) is 0 Å². The fraction of sp³-hybridized carbons (Fsp3) is 0.250. The highest BCUT2D eigenvalue weighted by molar-refractivity contribution is 5.95. The highest BCUT2D eigenvalue weighted by atomic mass is 16.6. The Morgan fingerprint density at radius 3 is 2.27 bits per heavy atom. The number of fused-ring (bicyclic) bond motifs is 3. The number of rotatable bonds is 7. The molecule has 3 aromatic rings. The fourth-order valence-corrected chi connectivity index (χ4v) is 3.95. The second kappa shape index (κ2) is 9.15. The van der Waals surface area contributed by atoms with E-state index in [1.54, 1.807) is 13.8 Å². The zero-order valence-corrected chi connectivity index (χ0v) is 18.1. The monoisotopic (exact) mass is 449 g/mol. The molecule has 0 aliphatic heterocycles. The summed E-state index contributed by atoms with van der Waals surface area (Å²) in [6, 6.07) is 16.9. The molecule has 0 radical (unpaired) electrons. The number of amides is 2. The average Bonchev–Trinajstić information content (AvgIpc) is 3.38. The van der Waals surface area contributed by atoms with Crippen LogP contribution in [0.1, 0.15) is 41.4 Å². The standard InChI is InChI=1S/C24H23N3O6/c1-14(2)27(12-22(28)29)23(30)20-11-21(33-26-20)25-24(31)32-13-19-17-9-5-3-7-15(17)16-8-4-6-10-18(16)19/h3-11,14,19H,12-13H2,1-2H3,(H,25,31)(H,28,29). The lowest BCUT2D eigenvalue weighted by Crippen LogP contribution is -2.40. The molecular weight excluding hydrogens is 426 g/mol. The van der Waals surface area contributed by atoms with Gasteiger partial charge in [0, 0.05) is 18.0 Å². The summed E-state index contributed by atoms with van der Waals surface area (Å²) in [5.41, 5.74) is 4.31. The molecule has 1 aromatic heterocycles. The molecule has 9 heteroatoms. The minimum atomic E-state index is -1.14. The minimum absolute atomic E-state index is 0.0744. The molecule has 0 bridgehead atoms. The van der Waals surface area contributed by atoms with Crippen LogP contribution in [0.5, 0.6) is 0 Å². The van der Waals surface area contributed by atoms with Crippen LogP contribution >= 0.6 is 0 Å². The van der Waals surface area contributed by atoms with Gasteiger partial charge in [-0.15, -0.1) is 0 Å². The predicted molar refractivity (Wildman–Crippen MR) is 119 cm³/mol. The van der Waals surface area contributed by atoms with E-state index in [1.165, 1.54) is 6.07 Å². The van der Waals surface area contributed by atoms with Gasteiger partial charge in [0.05, 0.1) is 0 Å². The van der Waals surface area contributed by atoms with Gasteiger partial charge in [0.2, 0.25) is 5.88 Å². The summed E-state index contributed by atoms with van der Waals surface area (Å²) in [7, 11) is 0. The Kier molecular flexibility index (Phi) is 6.12. The number of carboxylic acids is 1. The van der Waals surface area contributed by atoms with Crippen molar-refractivity contribution in [2.45, 2.75) is 25.8 Å². The first-order valence-corrected chi connectivity index (χ1v) is 10.5. The molecule has 2 N–H and O–H groups in total. The molecule has 0 fully saturated rings. The smallest absolute Gasteiger partial charge is 0.414 e. The van der Waals surface area contributed by atoms with Gasteiger partial charge >= 0.3 is 12.1 Å². The van der Waals surface area contributed by atoms with Crippen LogP contribution in [-0.2, 0) is 9.53 Å². The lowest BCUT2D eigenvalue weighted by Gasteiger charge is -2.23. The number of ether oxygens (including phenoxy) is 1. The largest absolute Gasteiger partial charge is 0.480 e. The highest BCUT2D eigenvalue weighted by Crippen LogP contribution is 2.44. The summed E-state index contributed by atoms with van der Waals surface area (Å²) in [4.78, 5) is 37.1. The van der Waals surface area contributed by atoms with Crippen LogP contribution in [-0.4, -0.2) is 52.3 Å². The van der Waals surface area contributed by atoms with E-state index in [0.29, 0.717) is 0 Å². The number of carbonyl (C=O) groups excluding carboxylic acids is 2. The number of nitrogens with zero attached hydrogens (tertiary/aromatic N) is 2. The number of hydrogen-bond donors (Lipinski definition) is 2. The van der Waals surface area contributed by atoms with Gasteiger partial charge in [-0.05, 0) is 36.1 Å². The molecule has 1 heterocycles. The number of nitrogens with one attached hydrogen (secondary N) is 1. The second-order valence-corrected chi connectivity index (χ2v) is 7.95. The molecule has 1 aliphatic rings. The van der Waals surface area contributed by atoms with Crippen molar-refractivity contribution in [2.24, 2.45) is 0 Å². The van der Waals surface area contributed by atoms with E-state index in [4.69, 9.17) is 14.4 Å². The van der Waals surface area contributed by atoms with Gasteiger partial charge in [-0.2, -0.15) is 0 Å². The molecule has 1 aliphatic carbocycles. The first kappa shape index (κ1) is 22.1. The molecule has 170 valence electrons. The van der Waals surface area contributed by atoms with Crippen LogP contribution in [0.2, 0.25) is 0 Å². The van der Waals surface area contributed by atoms with Crippen molar-refractivity contribution in [1.29, 1.82) is 0 Å². The number of aliphatic carboxylic acids is 1. The Morgan fingerprint density at radius 1 is 1.09 bits per heavy atom. The van der Waals surface area contributed by atoms with E-state index < -0.39 is 24.5 Å². The average molecular weight is 449 g/mol. The lowest BCUT2D eigenvalue weighted by molar-refractivity contribution is -0.138. The zero-order valence-electron chi connectivity index (χ0n) is 18.1. The SMILES string of the molecule is CC(C)N(CC(=O)O)C(=O)c1cc(NC(=O)OCC2c3ccccc3-c3ccccc32)on1. The normalized spacial score (nSPS) is 12.2. The molecule has 9 nitrogen and oxygen atoms in total. The topological polar surface area (TPSA) is 122 Å². The van der Waals surface area contributed by atoms with Gasteiger partial charge in [0.25, 0.3) is 5.91 Å². The molecule has 4 rings (SSSR count). The third kappa shape index (κ3) is 4.57. The number of anilines is 1. The van der Waals surface area contributed by atoms with Gasteiger partial charge in [0.15, 0.2) is 5.69 Å². The van der Waals surface area contributed by atoms with E-state index >= 15 is 0 Å². The van der Waals surface area contributed by atoms with E-state index in [0.717, 1.165) is 27.2 Å². The summed E-state index contributed by atoms with van der Waals surface area (Å²) in [6.07, 6.45) is -0.752. The van der Waals surface area contributed by atoms with Gasteiger partial charge in [0.1, 0.15) is 13.2 Å². The molecule has 0 saturated carbocycles. The van der Waals surface area contributed by atoms with E-state index in [2.05, 4.69) is 10.5 Å². The van der Waals surface area contributed by atoms with Gasteiger partial charge < -0.3 is 19.3 Å². The summed E-state index contributed by atoms with van der Waals surface area (Å²) >= 11 is 0. The molecule has 2 amide bonds. The minimum Gasteiger partial charge on any atom is -0.480 e. The molecule has 2 aromatic carbocycles. The van der Waals surface area contributed by atoms with Crippen LogP contribution < -0.4 is 5.32 Å². The van der Waals surface area contributed by atoms with Crippen LogP contribution in [0.4, 0.5) is 10.7 Å². The van der Waals surface area contributed by atoms with Gasteiger partial charge in [-0.3, -0.25) is 14.9 Å². The van der Waals surface area contributed by atoms with Gasteiger partial charge in [-0.1, -0.05) is 53.7 Å². The van der Waals surface area contributed by atoms with Crippen molar-refractivity contribution in [2.75, 3.05) is 18.5 Å². The zero-order chi connectivity index (χ0) is 23.5. The molecule has 0 spiro atoms. The molecule has 0 unspecified atom stereocenters. The number of hydrogen-bond acceptors (Lipinski definition) is 6. The quantitative estimate of drug-likeness (QED) is 0.560. The number of carboxylic acid groups (broad SMARTS) is 1. The van der Waals surface area contributed by atoms with Crippen molar-refractivity contribution in [1.82, 2.24) is 10.1 Å². The Bertz CT molecular complexity index is 1160. The molecule has 0 atom stereocenters. The lowest BCUT2D eigenvalue weighted by atomic mass is 9.98. The van der Waals surface area contributed by atoms with Crippen molar-refractivity contribution in [3.63, 3.8) is 0 Å². The second-order valence-electron chi connectivity index (χ2n) is 7.95. The molecular formula is C24H23N3O6. The van der Waals surface area contributed by atoms with Crippen LogP contribution in [0.15, 0.2) is 59.1 Å². The molecule has 0 saturated heterocycles. The third-order valence-electron chi connectivity index (χ3n) is 5.49. The Hall–Kier alpha value is -4.14. The van der Waals surface area contributed by atoms with Crippen LogP contribution in [0.25, 0.3) is 11.1 Å². The van der Waals surface area contributed by atoms with E-state index in [9.17, 15) is 14.4 Å². The Balaban J connectivity index is 1.40. The number of benzene rings is 2. The van der Waals surface area contributed by atoms with Crippen molar-refractivity contribution in [3.8, 4) is 11.1 Å². The fourth-order valence-electron chi connectivity index (χ4n) is 3.95. The summed E-state index contributed by atoms with van der Waals surface area (Å²) < 4.78 is 10.5. The van der Waals surface area contributed by atoms with Crippen molar-refractivity contribution >= 4 is 23.9 Å². The van der Waals surface area contributed by atoms with Crippen LogP contribution in [0, 0.1) is 0 Å². The maximum atomic E-state index is 12.6. The first-order valence-electron chi connectivity index (χ1n) is 10.5. The summed E-state index contributed by atoms with van der Waals surface area (Å²) in [5.74, 6) is -1.92. The molecule has 33 heavy (non-hydrogen) atoms. The maximum absolute atomic E-state index is 12.6. The van der Waals surface area contributed by atoms with E-state index in [-0.39, 0.29) is 30.1 Å². The van der Waals surface area contributed by atoms with Crippen molar-refractivity contribution < 1.29 is 28.8 Å². The van der Waals surface area contributed by atoms with Gasteiger partial charge in [-0.25, -0.2) is 4.79 Å². The number of carbonyl (C=O) groups is 3. The predicted octanol–water partition coefficient (Wildman–Crippen LogP) is 3.97. The Labute approximate surface area is 189 Å². The highest BCUT2D eigenvalue weighted by Gasteiger charge is 2.29. The maximum Gasteiger partial charge on any atom is 0.414 e. The summed E-state index contributed by atoms with van der Waals surface area (Å²) in [6.45, 7) is 3.03. The van der Waals surface area contributed by atoms with Crippen molar-refractivity contribution in [3.05, 3.63) is 71.4 Å².